The van der Waals surface area contributed by atoms with Crippen LogP contribution in [0.1, 0.15) is 25.7 Å². The van der Waals surface area contributed by atoms with Crippen LogP contribution in [0, 0.1) is 5.41 Å². The molecule has 0 radical (unpaired) electrons. The molecule has 0 unspecified atom stereocenters. The highest BCUT2D eigenvalue weighted by Crippen LogP contribution is 2.61. The van der Waals surface area contributed by atoms with Gasteiger partial charge in [-0.1, -0.05) is 0 Å². The van der Waals surface area contributed by atoms with E-state index in [1.54, 1.807) is 0 Å². The van der Waals surface area contributed by atoms with Gasteiger partial charge in [0.2, 0.25) is 0 Å². The Balaban J connectivity index is 2.11. The van der Waals surface area contributed by atoms with Crippen LogP contribution in [0.5, 0.6) is 0 Å². The van der Waals surface area contributed by atoms with Gasteiger partial charge in [-0.15, -0.1) is 0 Å². The van der Waals surface area contributed by atoms with Crippen LogP contribution < -0.4 is 11.5 Å². The van der Waals surface area contributed by atoms with Crippen molar-refractivity contribution in [3.8, 4) is 0 Å². The van der Waals surface area contributed by atoms with Gasteiger partial charge in [0.15, 0.2) is 0 Å². The molecule has 0 bridgehead atoms. The van der Waals surface area contributed by atoms with Gasteiger partial charge in [-0.25, -0.2) is 0 Å². The lowest BCUT2D eigenvalue weighted by molar-refractivity contribution is 0.389. The number of nitrogens with two attached hydrogens (primary N) is 2. The Hall–Kier alpha value is -0.0800. The molecule has 0 aromatic carbocycles. The Morgan fingerprint density at radius 1 is 1.11 bits per heavy atom. The van der Waals surface area contributed by atoms with E-state index in [2.05, 4.69) is 0 Å². The van der Waals surface area contributed by atoms with Gasteiger partial charge in [0.05, 0.1) is 0 Å². The molecule has 0 amide bonds. The van der Waals surface area contributed by atoms with E-state index in [1.807, 2.05) is 0 Å². The second kappa shape index (κ2) is 1.32. The third-order valence-corrected chi connectivity index (χ3v) is 3.09. The Morgan fingerprint density at radius 3 is 1.78 bits per heavy atom. The van der Waals surface area contributed by atoms with Crippen LogP contribution in [0.4, 0.5) is 0 Å². The van der Waals surface area contributed by atoms with Crippen molar-refractivity contribution in [3.05, 3.63) is 0 Å². The highest BCUT2D eigenvalue weighted by molar-refractivity contribution is 5.19. The first-order chi connectivity index (χ1) is 4.22. The molecule has 0 aliphatic heterocycles. The van der Waals surface area contributed by atoms with Crippen LogP contribution in [0.3, 0.4) is 0 Å². The van der Waals surface area contributed by atoms with E-state index in [9.17, 15) is 0 Å². The van der Waals surface area contributed by atoms with E-state index >= 15 is 0 Å². The number of rotatable bonds is 2. The van der Waals surface area contributed by atoms with Crippen molar-refractivity contribution < 1.29 is 0 Å². The van der Waals surface area contributed by atoms with Crippen molar-refractivity contribution in [1.82, 2.24) is 0 Å². The van der Waals surface area contributed by atoms with Gasteiger partial charge < -0.3 is 11.5 Å². The maximum Gasteiger partial charge on any atom is 0.0224 e. The Morgan fingerprint density at radius 2 is 1.67 bits per heavy atom. The van der Waals surface area contributed by atoms with Gasteiger partial charge in [-0.2, -0.15) is 0 Å². The van der Waals surface area contributed by atoms with E-state index < -0.39 is 0 Å². The molecule has 0 heterocycles. The summed E-state index contributed by atoms with van der Waals surface area (Å²) in [5, 5.41) is 0. The Bertz CT molecular complexity index is 134. The van der Waals surface area contributed by atoms with E-state index in [0.717, 1.165) is 6.54 Å². The topological polar surface area (TPSA) is 52.0 Å². The number of hydrogen-bond donors (Lipinski definition) is 2. The maximum atomic E-state index is 6.02. The SMILES string of the molecule is NCC1(C2(N)CC2)CC1. The first-order valence-corrected chi connectivity index (χ1v) is 3.71. The summed E-state index contributed by atoms with van der Waals surface area (Å²) in [6.07, 6.45) is 4.98. The van der Waals surface area contributed by atoms with E-state index in [0.29, 0.717) is 5.41 Å². The summed E-state index contributed by atoms with van der Waals surface area (Å²) in [6, 6.07) is 0. The molecule has 52 valence electrons. The summed E-state index contributed by atoms with van der Waals surface area (Å²) in [6.45, 7) is 0.809. The van der Waals surface area contributed by atoms with Crippen molar-refractivity contribution in [1.29, 1.82) is 0 Å². The molecule has 0 atom stereocenters. The van der Waals surface area contributed by atoms with Gasteiger partial charge in [0.1, 0.15) is 0 Å². The zero-order valence-corrected chi connectivity index (χ0v) is 5.69. The van der Waals surface area contributed by atoms with Gasteiger partial charge in [0.25, 0.3) is 0 Å². The van der Waals surface area contributed by atoms with Crippen molar-refractivity contribution >= 4 is 0 Å². The second-order valence-corrected chi connectivity index (χ2v) is 3.64. The Labute approximate surface area is 55.6 Å². The van der Waals surface area contributed by atoms with E-state index in [4.69, 9.17) is 11.5 Å². The molecule has 2 saturated carbocycles. The third kappa shape index (κ3) is 0.578. The van der Waals surface area contributed by atoms with Gasteiger partial charge in [-0.3, -0.25) is 0 Å². The van der Waals surface area contributed by atoms with E-state index in [1.165, 1.54) is 25.7 Å². The molecule has 2 nitrogen and oxygen atoms in total. The monoisotopic (exact) mass is 126 g/mol. The van der Waals surface area contributed by atoms with Gasteiger partial charge >= 0.3 is 0 Å². The molecule has 0 saturated heterocycles. The van der Waals surface area contributed by atoms with Crippen molar-refractivity contribution in [2.75, 3.05) is 6.54 Å². The zero-order chi connectivity index (χ0) is 6.54. The molecule has 9 heavy (non-hydrogen) atoms. The highest BCUT2D eigenvalue weighted by atomic mass is 14.9. The van der Waals surface area contributed by atoms with Crippen LogP contribution in [-0.2, 0) is 0 Å². The molecule has 0 spiro atoms. The second-order valence-electron chi connectivity index (χ2n) is 3.64. The minimum Gasteiger partial charge on any atom is -0.330 e. The smallest absolute Gasteiger partial charge is 0.0224 e. The summed E-state index contributed by atoms with van der Waals surface area (Å²) in [5.41, 5.74) is 12.2. The lowest BCUT2D eigenvalue weighted by Crippen LogP contribution is -2.39. The normalized spacial score (nSPS) is 34.0. The fourth-order valence-corrected chi connectivity index (χ4v) is 1.72. The fraction of sp³-hybridized carbons (Fsp3) is 1.00. The van der Waals surface area contributed by atoms with Crippen molar-refractivity contribution in [2.24, 2.45) is 16.9 Å². The number of hydrogen-bond acceptors (Lipinski definition) is 2. The molecule has 4 N–H and O–H groups in total. The lowest BCUT2D eigenvalue weighted by atomic mass is 9.95. The fourth-order valence-electron chi connectivity index (χ4n) is 1.72. The van der Waals surface area contributed by atoms with E-state index in [-0.39, 0.29) is 5.54 Å². The van der Waals surface area contributed by atoms with Gasteiger partial charge in [0, 0.05) is 11.0 Å². The first-order valence-electron chi connectivity index (χ1n) is 3.71. The molecule has 2 rings (SSSR count). The summed E-state index contributed by atoms with van der Waals surface area (Å²) in [7, 11) is 0. The molecule has 0 aromatic heterocycles. The molecule has 2 aliphatic carbocycles. The largest absolute Gasteiger partial charge is 0.330 e. The summed E-state index contributed by atoms with van der Waals surface area (Å²) < 4.78 is 0. The van der Waals surface area contributed by atoms with Gasteiger partial charge in [-0.05, 0) is 32.2 Å². The van der Waals surface area contributed by atoms with Crippen LogP contribution in [-0.4, -0.2) is 12.1 Å². The quantitative estimate of drug-likeness (QED) is 0.556. The van der Waals surface area contributed by atoms with Crippen LogP contribution >= 0.6 is 0 Å². The zero-order valence-electron chi connectivity index (χ0n) is 5.69. The van der Waals surface area contributed by atoms with Crippen LogP contribution in [0.15, 0.2) is 0 Å². The van der Waals surface area contributed by atoms with Crippen LogP contribution in [0.25, 0.3) is 0 Å². The predicted octanol–water partition coefficient (Wildman–Crippen LogP) is 0.217. The van der Waals surface area contributed by atoms with Crippen LogP contribution in [0.2, 0.25) is 0 Å². The summed E-state index contributed by atoms with van der Waals surface area (Å²) >= 11 is 0. The molecule has 2 fully saturated rings. The average Bonchev–Trinajstić information content (AvgIpc) is 2.61. The minimum atomic E-state index is 0.182. The molecular formula is C7H14N2. The minimum absolute atomic E-state index is 0.182. The maximum absolute atomic E-state index is 6.02. The molecule has 0 aromatic rings. The highest BCUT2D eigenvalue weighted by Gasteiger charge is 2.62. The molecule has 2 heteroatoms. The summed E-state index contributed by atoms with van der Waals surface area (Å²) in [5.74, 6) is 0. The van der Waals surface area contributed by atoms with Crippen molar-refractivity contribution in [2.45, 2.75) is 31.2 Å². The Kier molecular flexibility index (Phi) is 0.837. The molecule has 2 aliphatic rings. The lowest BCUT2D eigenvalue weighted by Gasteiger charge is -2.19. The third-order valence-electron chi connectivity index (χ3n) is 3.09. The first kappa shape index (κ1) is 5.69. The predicted molar refractivity (Wildman–Crippen MR) is 36.9 cm³/mol. The average molecular weight is 126 g/mol. The summed E-state index contributed by atoms with van der Waals surface area (Å²) in [4.78, 5) is 0. The van der Waals surface area contributed by atoms with Crippen molar-refractivity contribution in [3.63, 3.8) is 0 Å². The standard InChI is InChI=1S/C7H14N2/c8-5-6(1-2-6)7(9)3-4-7/h1-5,8-9H2. The molecular weight excluding hydrogens is 112 g/mol.